The summed E-state index contributed by atoms with van der Waals surface area (Å²) in [6, 6.07) is -8.73. The van der Waals surface area contributed by atoms with Crippen LogP contribution in [-0.2, 0) is 47.9 Å². The van der Waals surface area contributed by atoms with Crippen LogP contribution in [0.1, 0.15) is 74.1 Å². The minimum atomic E-state index is -1.52. The molecule has 0 aromatic heterocycles. The van der Waals surface area contributed by atoms with Gasteiger partial charge in [0.1, 0.15) is 36.3 Å². The van der Waals surface area contributed by atoms with Crippen LogP contribution in [0, 0.1) is 11.8 Å². The van der Waals surface area contributed by atoms with Gasteiger partial charge in [-0.15, -0.1) is 0 Å². The molecule has 0 aromatic carbocycles. The minimum absolute atomic E-state index is 0.147. The number of carboxylic acids is 3. The maximum atomic E-state index is 13.2. The summed E-state index contributed by atoms with van der Waals surface area (Å²) in [7, 11) is 0. The van der Waals surface area contributed by atoms with Gasteiger partial charge in [0.25, 0.3) is 0 Å². The maximum absolute atomic E-state index is 13.2. The van der Waals surface area contributed by atoms with Crippen LogP contribution in [0.25, 0.3) is 0 Å². The molecule has 294 valence electrons. The monoisotopic (exact) mass is 744 g/mol. The van der Waals surface area contributed by atoms with E-state index in [4.69, 9.17) is 15.9 Å². The van der Waals surface area contributed by atoms with Crippen molar-refractivity contribution in [2.45, 2.75) is 116 Å². The Balaban J connectivity index is 5.19. The second-order valence-electron chi connectivity index (χ2n) is 12.8. The zero-order valence-electron chi connectivity index (χ0n) is 30.2. The van der Waals surface area contributed by atoms with Gasteiger partial charge in [-0.25, -0.2) is 4.79 Å². The van der Waals surface area contributed by atoms with E-state index < -0.39 is 133 Å². The molecule has 7 atom stereocenters. The Labute approximate surface area is 300 Å². The number of amides is 7. The third-order valence-electron chi connectivity index (χ3n) is 7.46. The molecule has 12 N–H and O–H groups in total. The summed E-state index contributed by atoms with van der Waals surface area (Å²) >= 11 is 0. The number of nitrogens with one attached hydrogen (secondary N) is 7. The minimum Gasteiger partial charge on any atom is -0.481 e. The Bertz CT molecular complexity index is 1340. The molecule has 0 rings (SSSR count). The maximum Gasteiger partial charge on any atom is 0.326 e. The number of hydrogen-bond acceptors (Lipinski definition) is 11. The first-order valence-electron chi connectivity index (χ1n) is 16.5. The molecule has 0 aliphatic heterocycles. The number of nitrogens with two attached hydrogens (primary N) is 1. The SMILES string of the molecule is CC(C)[C@H](NC(=O)[C@H](C)NC(=O)[C@H](C)NC(=O)[C@H](C)NC(=O)CNC(=O)[C@@H](N)CCC(=O)O)C(=O)N[C@H](C(=O)N[C@@H](CCC(=O)O)C(=O)O)C(C)C. The second kappa shape index (κ2) is 22.5. The van der Waals surface area contributed by atoms with Crippen molar-refractivity contribution < 1.29 is 63.3 Å². The highest BCUT2D eigenvalue weighted by Crippen LogP contribution is 2.09. The zero-order chi connectivity index (χ0) is 40.5. The molecule has 0 spiro atoms. The highest BCUT2D eigenvalue weighted by Gasteiger charge is 2.34. The van der Waals surface area contributed by atoms with Crippen LogP contribution in [-0.4, -0.2) is 123 Å². The third kappa shape index (κ3) is 17.5. The summed E-state index contributed by atoms with van der Waals surface area (Å²) in [4.78, 5) is 122. The van der Waals surface area contributed by atoms with Crippen LogP contribution in [0.4, 0.5) is 0 Å². The normalized spacial score (nSPS) is 15.0. The molecule has 52 heavy (non-hydrogen) atoms. The van der Waals surface area contributed by atoms with E-state index in [1.807, 2.05) is 0 Å². The van der Waals surface area contributed by atoms with Gasteiger partial charge in [-0.3, -0.25) is 43.2 Å². The fourth-order valence-corrected chi connectivity index (χ4v) is 4.25. The highest BCUT2D eigenvalue weighted by molar-refractivity contribution is 5.97. The lowest BCUT2D eigenvalue weighted by Gasteiger charge is -2.28. The van der Waals surface area contributed by atoms with Crippen LogP contribution >= 0.6 is 0 Å². The number of hydrogen-bond donors (Lipinski definition) is 11. The number of carboxylic acid groups (broad SMARTS) is 3. The van der Waals surface area contributed by atoms with Gasteiger partial charge < -0.3 is 58.3 Å². The summed E-state index contributed by atoms with van der Waals surface area (Å²) in [5, 5.41) is 43.4. The molecule has 7 amide bonds. The molecule has 21 heteroatoms. The van der Waals surface area contributed by atoms with Gasteiger partial charge in [0.2, 0.25) is 41.4 Å². The van der Waals surface area contributed by atoms with E-state index in [2.05, 4.69) is 37.2 Å². The molecule has 0 saturated carbocycles. The first kappa shape index (κ1) is 46.7. The molecular weight excluding hydrogens is 692 g/mol. The van der Waals surface area contributed by atoms with Crippen LogP contribution in [0.5, 0.6) is 0 Å². The molecule has 0 radical (unpaired) electrons. The van der Waals surface area contributed by atoms with Crippen LogP contribution in [0.2, 0.25) is 0 Å². The summed E-state index contributed by atoms with van der Waals surface area (Å²) in [6.07, 6.45) is -1.40. The third-order valence-corrected chi connectivity index (χ3v) is 7.46. The van der Waals surface area contributed by atoms with Crippen molar-refractivity contribution in [1.29, 1.82) is 0 Å². The van der Waals surface area contributed by atoms with E-state index in [0.29, 0.717) is 0 Å². The van der Waals surface area contributed by atoms with Crippen LogP contribution in [0.15, 0.2) is 0 Å². The van der Waals surface area contributed by atoms with Crippen molar-refractivity contribution in [3.05, 3.63) is 0 Å². The first-order valence-corrected chi connectivity index (χ1v) is 16.5. The van der Waals surface area contributed by atoms with E-state index in [1.165, 1.54) is 20.8 Å². The molecule has 0 aromatic rings. The van der Waals surface area contributed by atoms with E-state index in [9.17, 15) is 53.1 Å². The summed E-state index contributed by atoms with van der Waals surface area (Å²) in [5.41, 5.74) is 5.57. The summed E-state index contributed by atoms with van der Waals surface area (Å²) in [6.45, 7) is 9.75. The number of aliphatic carboxylic acids is 3. The fourth-order valence-electron chi connectivity index (χ4n) is 4.25. The Morgan fingerprint density at radius 3 is 1.31 bits per heavy atom. The Kier molecular flexibility index (Phi) is 20.2. The number of carbonyl (C=O) groups excluding carboxylic acids is 7. The second-order valence-corrected chi connectivity index (χ2v) is 12.8. The van der Waals surface area contributed by atoms with Gasteiger partial charge in [-0.05, 0) is 45.4 Å². The standard InChI is InChI=1S/C31H52N8O13/c1-13(2)23(29(49)37-19(31(51)52)9-11-22(43)44)39-30(50)24(14(3)4)38-27(47)17(7)36-26(46)16(6)35-25(45)15(5)34-20(40)12-33-28(48)18(32)8-10-21(41)42/h13-19,23-24H,8-12,32H2,1-7H3,(H,33,48)(H,34,40)(H,35,45)(H,36,46)(H,37,49)(H,38,47)(H,39,50)(H,41,42)(H,43,44)(H,51,52)/t15-,16-,17-,18-,19-,23-,24-/m0/s1. The van der Waals surface area contributed by atoms with Crippen molar-refractivity contribution in [3.63, 3.8) is 0 Å². The Hall–Kier alpha value is -5.34. The summed E-state index contributed by atoms with van der Waals surface area (Å²) in [5.74, 6) is -10.5. The van der Waals surface area contributed by atoms with Crippen molar-refractivity contribution in [1.82, 2.24) is 37.2 Å². The van der Waals surface area contributed by atoms with Crippen LogP contribution in [0.3, 0.4) is 0 Å². The molecule has 0 unspecified atom stereocenters. The molecule has 0 bridgehead atoms. The largest absolute Gasteiger partial charge is 0.481 e. The molecule has 0 aliphatic rings. The van der Waals surface area contributed by atoms with E-state index in [0.717, 1.165) is 0 Å². The van der Waals surface area contributed by atoms with E-state index in [-0.39, 0.29) is 12.8 Å². The first-order chi connectivity index (χ1) is 24.0. The van der Waals surface area contributed by atoms with Crippen LogP contribution < -0.4 is 43.0 Å². The number of carbonyl (C=O) groups is 10. The fraction of sp³-hybridized carbons (Fsp3) is 0.677. The van der Waals surface area contributed by atoms with Gasteiger partial charge in [0, 0.05) is 12.8 Å². The molecule has 0 aliphatic carbocycles. The van der Waals surface area contributed by atoms with Gasteiger partial charge in [-0.1, -0.05) is 27.7 Å². The Morgan fingerprint density at radius 1 is 0.500 bits per heavy atom. The summed E-state index contributed by atoms with van der Waals surface area (Å²) < 4.78 is 0. The van der Waals surface area contributed by atoms with E-state index >= 15 is 0 Å². The average molecular weight is 745 g/mol. The predicted molar refractivity (Wildman–Crippen MR) is 181 cm³/mol. The lowest BCUT2D eigenvalue weighted by atomic mass is 9.99. The van der Waals surface area contributed by atoms with Crippen molar-refractivity contribution >= 4 is 59.3 Å². The lowest BCUT2D eigenvalue weighted by molar-refractivity contribution is -0.144. The lowest BCUT2D eigenvalue weighted by Crippen LogP contribution is -2.60. The predicted octanol–water partition coefficient (Wildman–Crippen LogP) is -3.48. The quantitative estimate of drug-likeness (QED) is 0.0484. The molecule has 0 saturated heterocycles. The van der Waals surface area contributed by atoms with Crippen molar-refractivity contribution in [2.75, 3.05) is 6.54 Å². The Morgan fingerprint density at radius 2 is 0.885 bits per heavy atom. The molecular formula is C31H52N8O13. The number of rotatable bonds is 23. The molecule has 0 fully saturated rings. The highest BCUT2D eigenvalue weighted by atomic mass is 16.4. The van der Waals surface area contributed by atoms with Crippen molar-refractivity contribution in [3.8, 4) is 0 Å². The van der Waals surface area contributed by atoms with E-state index in [1.54, 1.807) is 27.7 Å². The van der Waals surface area contributed by atoms with Crippen molar-refractivity contribution in [2.24, 2.45) is 17.6 Å². The molecule has 0 heterocycles. The topological polar surface area (TPSA) is 342 Å². The van der Waals surface area contributed by atoms with Gasteiger partial charge in [0.15, 0.2) is 0 Å². The van der Waals surface area contributed by atoms with Gasteiger partial charge in [-0.2, -0.15) is 0 Å². The molecule has 21 nitrogen and oxygen atoms in total. The van der Waals surface area contributed by atoms with Gasteiger partial charge in [0.05, 0.1) is 12.6 Å². The smallest absolute Gasteiger partial charge is 0.326 e. The zero-order valence-corrected chi connectivity index (χ0v) is 30.2. The van der Waals surface area contributed by atoms with Gasteiger partial charge >= 0.3 is 17.9 Å². The average Bonchev–Trinajstić information content (AvgIpc) is 3.04.